The number of nitrogens with one attached hydrogen (secondary N) is 2. The van der Waals surface area contributed by atoms with E-state index in [4.69, 9.17) is 19.7 Å². The number of hydrogen-bond donors (Lipinski definition) is 2. The number of anilines is 2. The summed E-state index contributed by atoms with van der Waals surface area (Å²) in [7, 11) is 0. The molecule has 4 aromatic rings. The van der Waals surface area contributed by atoms with Gasteiger partial charge in [0.05, 0.1) is 35.3 Å². The van der Waals surface area contributed by atoms with Gasteiger partial charge in [-0.3, -0.25) is 14.5 Å². The van der Waals surface area contributed by atoms with Gasteiger partial charge in [0, 0.05) is 36.3 Å². The Labute approximate surface area is 282 Å². The Kier molecular flexibility index (Phi) is 10.3. The van der Waals surface area contributed by atoms with Gasteiger partial charge in [-0.05, 0) is 100 Å². The minimum absolute atomic E-state index is 0.0118. The lowest BCUT2D eigenvalue weighted by Crippen LogP contribution is -2.40. The second-order valence-corrected chi connectivity index (χ2v) is 13.8. The predicted octanol–water partition coefficient (Wildman–Crippen LogP) is 8.13. The van der Waals surface area contributed by atoms with Crippen molar-refractivity contribution in [1.29, 1.82) is 0 Å². The first kappa shape index (κ1) is 32.7. The minimum Gasteiger partial charge on any atom is -0.477 e. The number of hydrogen-bond acceptors (Lipinski definition) is 9. The molecule has 10 heteroatoms. The molecule has 3 aliphatic rings. The van der Waals surface area contributed by atoms with E-state index in [0.29, 0.717) is 46.4 Å². The third kappa shape index (κ3) is 7.70. The summed E-state index contributed by atoms with van der Waals surface area (Å²) in [6.45, 7) is 9.99. The number of carbonyl (C=O) groups excluding carboxylic acids is 1. The normalized spacial score (nSPS) is 20.6. The van der Waals surface area contributed by atoms with Crippen molar-refractivity contribution in [3.8, 4) is 17.3 Å². The van der Waals surface area contributed by atoms with E-state index in [0.717, 1.165) is 43.0 Å². The van der Waals surface area contributed by atoms with Crippen molar-refractivity contribution in [3.05, 3.63) is 84.2 Å². The number of nitrogens with zero attached hydrogens (tertiary/aromatic N) is 5. The molecule has 0 radical (unpaired) electrons. The summed E-state index contributed by atoms with van der Waals surface area (Å²) in [5.41, 5.74) is 2.78. The van der Waals surface area contributed by atoms with E-state index >= 15 is 0 Å². The molecule has 1 aliphatic carbocycles. The highest BCUT2D eigenvalue weighted by Gasteiger charge is 2.41. The maximum absolute atomic E-state index is 13.8. The Balaban J connectivity index is 0.00000190. The standard InChI is InChI=1S/C35H39N7O2S.C2H6/c1-35(2)20-24-15-17-28(26-10-3-4-19-36-26)37-30-12-7-14-32(40-30)45-41-34(43)25-16-18-29(39-33(25)42(35)21-24)27-11-6-13-31(38-27)44-22-23-8-5-9-23;1-2/h3-4,6-7,10-14,16,18-19,23-24,28H,5,8-9,15,17,20-22H2,1-2H3,(H,37,40)(H,41,43);1-2H3. The number of carbonyl (C=O) groups is 1. The fourth-order valence-corrected chi connectivity index (χ4v) is 7.19. The van der Waals surface area contributed by atoms with Gasteiger partial charge < -0.3 is 15.0 Å². The molecule has 7 rings (SSSR count). The first-order valence-electron chi connectivity index (χ1n) is 16.9. The Morgan fingerprint density at radius 2 is 1.74 bits per heavy atom. The zero-order valence-electron chi connectivity index (χ0n) is 27.8. The van der Waals surface area contributed by atoms with Gasteiger partial charge in [-0.15, -0.1) is 0 Å². The molecule has 6 heterocycles. The molecular formula is C37H45N7O2S. The van der Waals surface area contributed by atoms with E-state index in [9.17, 15) is 4.79 Å². The van der Waals surface area contributed by atoms with E-state index in [1.54, 1.807) is 0 Å². The van der Waals surface area contributed by atoms with E-state index in [-0.39, 0.29) is 17.5 Å². The van der Waals surface area contributed by atoms with Crippen LogP contribution < -0.4 is 19.7 Å². The van der Waals surface area contributed by atoms with Crippen molar-refractivity contribution >= 4 is 29.5 Å². The Morgan fingerprint density at radius 3 is 2.53 bits per heavy atom. The Hall–Kier alpha value is -4.18. The van der Waals surface area contributed by atoms with Crippen molar-refractivity contribution < 1.29 is 9.53 Å². The molecule has 2 N–H and O–H groups in total. The molecule has 1 saturated heterocycles. The second kappa shape index (κ2) is 14.7. The molecule has 0 spiro atoms. The smallest absolute Gasteiger partial charge is 0.265 e. The highest BCUT2D eigenvalue weighted by atomic mass is 32.2. The number of rotatable bonds is 5. The molecule has 1 saturated carbocycles. The lowest BCUT2D eigenvalue weighted by Gasteiger charge is -2.34. The molecule has 2 atom stereocenters. The first-order chi connectivity index (χ1) is 22.9. The topological polar surface area (TPSA) is 105 Å². The zero-order chi connectivity index (χ0) is 32.8. The van der Waals surface area contributed by atoms with Crippen LogP contribution in [0.25, 0.3) is 11.4 Å². The average molecular weight is 652 g/mol. The molecular weight excluding hydrogens is 607 g/mol. The van der Waals surface area contributed by atoms with Crippen molar-refractivity contribution in [2.75, 3.05) is 23.4 Å². The maximum atomic E-state index is 13.8. The maximum Gasteiger partial charge on any atom is 0.265 e. The average Bonchev–Trinajstić information content (AvgIpc) is 3.39. The number of fused-ring (bicyclic) bond motifs is 6. The van der Waals surface area contributed by atoms with Gasteiger partial charge in [-0.25, -0.2) is 15.0 Å². The van der Waals surface area contributed by atoms with Crippen molar-refractivity contribution in [1.82, 2.24) is 24.7 Å². The zero-order valence-corrected chi connectivity index (χ0v) is 28.6. The summed E-state index contributed by atoms with van der Waals surface area (Å²) < 4.78 is 9.06. The van der Waals surface area contributed by atoms with E-state index in [1.807, 2.05) is 80.7 Å². The van der Waals surface area contributed by atoms with E-state index < -0.39 is 0 Å². The summed E-state index contributed by atoms with van der Waals surface area (Å²) >= 11 is 1.20. The van der Waals surface area contributed by atoms with Gasteiger partial charge in [0.1, 0.15) is 16.7 Å². The fraction of sp³-hybridized carbons (Fsp3) is 0.432. The van der Waals surface area contributed by atoms with Crippen LogP contribution in [0, 0.1) is 11.8 Å². The quantitative estimate of drug-likeness (QED) is 0.207. The summed E-state index contributed by atoms with van der Waals surface area (Å²) in [5.74, 6) is 2.87. The monoisotopic (exact) mass is 651 g/mol. The van der Waals surface area contributed by atoms with Crippen LogP contribution in [-0.2, 0) is 0 Å². The summed E-state index contributed by atoms with van der Waals surface area (Å²) in [6.07, 6.45) is 8.45. The molecule has 246 valence electrons. The molecule has 2 unspecified atom stereocenters. The highest BCUT2D eigenvalue weighted by Crippen LogP contribution is 2.41. The van der Waals surface area contributed by atoms with E-state index in [2.05, 4.69) is 39.8 Å². The molecule has 47 heavy (non-hydrogen) atoms. The molecule has 0 aromatic carbocycles. The number of ether oxygens (including phenoxy) is 1. The van der Waals surface area contributed by atoms with Crippen LogP contribution in [0.3, 0.4) is 0 Å². The third-order valence-electron chi connectivity index (χ3n) is 9.22. The van der Waals surface area contributed by atoms with Crippen LogP contribution in [0.5, 0.6) is 5.88 Å². The largest absolute Gasteiger partial charge is 0.477 e. The number of pyridine rings is 4. The summed E-state index contributed by atoms with van der Waals surface area (Å²) in [6, 6.07) is 21.4. The molecule has 4 aromatic heterocycles. The highest BCUT2D eigenvalue weighted by molar-refractivity contribution is 7.97. The molecule has 2 fully saturated rings. The van der Waals surface area contributed by atoms with Gasteiger partial charge in [0.25, 0.3) is 5.91 Å². The van der Waals surface area contributed by atoms with Crippen molar-refractivity contribution in [2.24, 2.45) is 11.8 Å². The minimum atomic E-state index is -0.208. The van der Waals surface area contributed by atoms with E-state index in [1.165, 1.54) is 31.2 Å². The van der Waals surface area contributed by atoms with Crippen LogP contribution in [-0.4, -0.2) is 44.5 Å². The molecule has 4 bridgehead atoms. The van der Waals surface area contributed by atoms with Crippen molar-refractivity contribution in [3.63, 3.8) is 0 Å². The van der Waals surface area contributed by atoms with Gasteiger partial charge >= 0.3 is 0 Å². The predicted molar refractivity (Wildman–Crippen MR) is 189 cm³/mol. The second-order valence-electron chi connectivity index (χ2n) is 13.0. The first-order valence-corrected chi connectivity index (χ1v) is 17.7. The summed E-state index contributed by atoms with van der Waals surface area (Å²) in [5, 5.41) is 4.31. The van der Waals surface area contributed by atoms with Crippen LogP contribution in [0.15, 0.2) is 78.0 Å². The van der Waals surface area contributed by atoms with Gasteiger partial charge in [-0.1, -0.05) is 38.5 Å². The van der Waals surface area contributed by atoms with Crippen LogP contribution >= 0.6 is 11.9 Å². The molecule has 9 nitrogen and oxygen atoms in total. The molecule has 2 aliphatic heterocycles. The van der Waals surface area contributed by atoms with Crippen LogP contribution in [0.2, 0.25) is 0 Å². The number of aromatic nitrogens is 4. The summed E-state index contributed by atoms with van der Waals surface area (Å²) in [4.78, 5) is 35.5. The lowest BCUT2D eigenvalue weighted by atomic mass is 9.86. The Bertz CT molecular complexity index is 1660. The number of amides is 1. The SMILES string of the molecule is CC.CC1(C)CC2CCC(c3ccccn3)Nc3cccc(n3)SNC(=O)c3ccc(-c4cccc(OCC5CCC5)n4)nc3N1C2. The third-order valence-corrected chi connectivity index (χ3v) is 9.94. The fourth-order valence-electron chi connectivity index (χ4n) is 6.59. The van der Waals surface area contributed by atoms with Gasteiger partial charge in [0.2, 0.25) is 5.88 Å². The van der Waals surface area contributed by atoms with Gasteiger partial charge in [-0.2, -0.15) is 0 Å². The van der Waals surface area contributed by atoms with Crippen LogP contribution in [0.1, 0.15) is 88.3 Å². The Morgan fingerprint density at radius 1 is 0.915 bits per heavy atom. The lowest BCUT2D eigenvalue weighted by molar-refractivity contribution is 0.0984. The van der Waals surface area contributed by atoms with Crippen LogP contribution in [0.4, 0.5) is 11.6 Å². The van der Waals surface area contributed by atoms with Gasteiger partial charge in [0.15, 0.2) is 0 Å². The van der Waals surface area contributed by atoms with Crippen molar-refractivity contribution in [2.45, 2.75) is 82.8 Å². The molecule has 1 amide bonds.